The van der Waals surface area contributed by atoms with Crippen molar-refractivity contribution in [3.63, 3.8) is 0 Å². The zero-order valence-corrected chi connectivity index (χ0v) is 7.96. The first kappa shape index (κ1) is 9.24. The molecule has 1 aliphatic heterocycles. The molecule has 0 saturated heterocycles. The third-order valence-electron chi connectivity index (χ3n) is 2.37. The van der Waals surface area contributed by atoms with Crippen molar-refractivity contribution in [2.24, 2.45) is 10.2 Å². The summed E-state index contributed by atoms with van der Waals surface area (Å²) in [4.78, 5) is 0. The summed E-state index contributed by atoms with van der Waals surface area (Å²) in [5.74, 6) is -2.93. The number of hydrogen-bond acceptors (Lipinski definition) is 2. The van der Waals surface area contributed by atoms with E-state index in [1.165, 1.54) is 0 Å². The van der Waals surface area contributed by atoms with Gasteiger partial charge < -0.3 is 0 Å². The van der Waals surface area contributed by atoms with Crippen LogP contribution in [-0.2, 0) is 5.66 Å². The molecular formula is C10H10F2N2. The minimum atomic E-state index is -2.93. The lowest BCUT2D eigenvalue weighted by Gasteiger charge is -2.18. The van der Waals surface area contributed by atoms with Crippen molar-refractivity contribution in [3.8, 4) is 0 Å². The quantitative estimate of drug-likeness (QED) is 0.693. The average molecular weight is 196 g/mol. The van der Waals surface area contributed by atoms with Crippen molar-refractivity contribution < 1.29 is 8.78 Å². The van der Waals surface area contributed by atoms with Gasteiger partial charge in [0.25, 0.3) is 11.6 Å². The lowest BCUT2D eigenvalue weighted by molar-refractivity contribution is -0.0273. The normalized spacial score (nSPS) is 18.3. The van der Waals surface area contributed by atoms with E-state index in [1.54, 1.807) is 24.3 Å². The first-order valence-electron chi connectivity index (χ1n) is 4.35. The molecule has 0 fully saturated rings. The summed E-state index contributed by atoms with van der Waals surface area (Å²) < 4.78 is 26.3. The zero-order chi connectivity index (χ0) is 10.4. The third kappa shape index (κ3) is 1.22. The molecule has 74 valence electrons. The first-order valence-corrected chi connectivity index (χ1v) is 4.35. The van der Waals surface area contributed by atoms with Crippen molar-refractivity contribution in [1.29, 1.82) is 0 Å². The van der Waals surface area contributed by atoms with Crippen LogP contribution in [0.4, 0.5) is 8.78 Å². The van der Waals surface area contributed by atoms with E-state index in [2.05, 4.69) is 10.2 Å². The Labute approximate surface area is 80.7 Å². The topological polar surface area (TPSA) is 24.7 Å². The monoisotopic (exact) mass is 196 g/mol. The summed E-state index contributed by atoms with van der Waals surface area (Å²) in [6.07, 6.45) is 0. The standard InChI is InChI=1S/C10H10F2N2/c1-7-3-5-8(6-4-7)10(13-14-10)9(2,11)12/h3-6H,1-2H3. The van der Waals surface area contributed by atoms with E-state index in [4.69, 9.17) is 0 Å². The minimum absolute atomic E-state index is 0.454. The number of aryl methyl sites for hydroxylation is 1. The van der Waals surface area contributed by atoms with E-state index in [9.17, 15) is 8.78 Å². The molecule has 1 heterocycles. The smallest absolute Gasteiger partial charge is 0.202 e. The molecular weight excluding hydrogens is 186 g/mol. The molecule has 2 rings (SSSR count). The zero-order valence-electron chi connectivity index (χ0n) is 7.96. The molecule has 0 saturated carbocycles. The predicted octanol–water partition coefficient (Wildman–Crippen LogP) is 3.27. The Hall–Kier alpha value is -1.32. The van der Waals surface area contributed by atoms with E-state index in [-0.39, 0.29) is 0 Å². The molecule has 0 aromatic heterocycles. The third-order valence-corrected chi connectivity index (χ3v) is 2.37. The number of benzene rings is 1. The highest BCUT2D eigenvalue weighted by molar-refractivity contribution is 5.32. The fraction of sp³-hybridized carbons (Fsp3) is 0.400. The van der Waals surface area contributed by atoms with Gasteiger partial charge in [-0.3, -0.25) is 0 Å². The molecule has 0 atom stereocenters. The van der Waals surface area contributed by atoms with Gasteiger partial charge in [0, 0.05) is 12.5 Å². The van der Waals surface area contributed by atoms with Gasteiger partial charge in [-0.1, -0.05) is 29.8 Å². The highest BCUT2D eigenvalue weighted by atomic mass is 19.3. The molecule has 0 bridgehead atoms. The van der Waals surface area contributed by atoms with Crippen LogP contribution in [0.25, 0.3) is 0 Å². The lowest BCUT2D eigenvalue weighted by atomic mass is 9.97. The van der Waals surface area contributed by atoms with E-state index >= 15 is 0 Å². The van der Waals surface area contributed by atoms with Crippen LogP contribution >= 0.6 is 0 Å². The molecule has 1 aromatic rings. The maximum absolute atomic E-state index is 13.2. The number of alkyl halides is 2. The summed E-state index contributed by atoms with van der Waals surface area (Å²) in [7, 11) is 0. The van der Waals surface area contributed by atoms with Crippen LogP contribution in [0.2, 0.25) is 0 Å². The predicted molar refractivity (Wildman–Crippen MR) is 48.3 cm³/mol. The Morgan fingerprint density at radius 2 is 1.64 bits per heavy atom. The van der Waals surface area contributed by atoms with Gasteiger partial charge in [0.15, 0.2) is 0 Å². The molecule has 1 aromatic carbocycles. The number of rotatable bonds is 2. The number of halogens is 2. The molecule has 0 aliphatic carbocycles. The van der Waals surface area contributed by atoms with Crippen molar-refractivity contribution in [3.05, 3.63) is 35.4 Å². The van der Waals surface area contributed by atoms with Gasteiger partial charge in [-0.15, -0.1) is 10.2 Å². The first-order chi connectivity index (χ1) is 6.46. The van der Waals surface area contributed by atoms with Gasteiger partial charge in [0.2, 0.25) is 0 Å². The molecule has 1 aliphatic rings. The molecule has 0 radical (unpaired) electrons. The molecule has 2 nitrogen and oxygen atoms in total. The van der Waals surface area contributed by atoms with Gasteiger partial charge in [0.05, 0.1) is 0 Å². The number of hydrogen-bond donors (Lipinski definition) is 0. The fourth-order valence-electron chi connectivity index (χ4n) is 1.38. The largest absolute Gasteiger partial charge is 0.297 e. The van der Waals surface area contributed by atoms with E-state index < -0.39 is 11.6 Å². The highest BCUT2D eigenvalue weighted by Crippen LogP contribution is 2.51. The summed E-state index contributed by atoms with van der Waals surface area (Å²) in [6.45, 7) is 2.74. The molecule has 14 heavy (non-hydrogen) atoms. The van der Waals surface area contributed by atoms with Gasteiger partial charge in [-0.25, -0.2) is 8.78 Å². The summed E-state index contributed by atoms with van der Waals surface area (Å²) in [5.41, 5.74) is -0.125. The van der Waals surface area contributed by atoms with Crippen LogP contribution < -0.4 is 0 Å². The molecule has 0 unspecified atom stereocenters. The lowest BCUT2D eigenvalue weighted by Crippen LogP contribution is -2.31. The summed E-state index contributed by atoms with van der Waals surface area (Å²) in [6, 6.07) is 6.86. The van der Waals surface area contributed by atoms with Crippen molar-refractivity contribution in [2.45, 2.75) is 25.4 Å². The fourth-order valence-corrected chi connectivity index (χ4v) is 1.38. The van der Waals surface area contributed by atoms with Crippen LogP contribution in [0.5, 0.6) is 0 Å². The maximum Gasteiger partial charge on any atom is 0.297 e. The average Bonchev–Trinajstić information content (AvgIpc) is 2.84. The summed E-state index contributed by atoms with van der Waals surface area (Å²) in [5, 5.41) is 6.96. The second-order valence-corrected chi connectivity index (χ2v) is 3.63. The summed E-state index contributed by atoms with van der Waals surface area (Å²) >= 11 is 0. The van der Waals surface area contributed by atoms with Crippen LogP contribution in [0.1, 0.15) is 18.1 Å². The Kier molecular flexibility index (Phi) is 1.71. The van der Waals surface area contributed by atoms with Crippen molar-refractivity contribution in [2.75, 3.05) is 0 Å². The molecule has 0 spiro atoms. The molecule has 0 amide bonds. The van der Waals surface area contributed by atoms with Gasteiger partial charge >= 0.3 is 0 Å². The maximum atomic E-state index is 13.2. The Balaban J connectivity index is 2.37. The second kappa shape index (κ2) is 2.59. The Bertz CT molecular complexity index is 370. The SMILES string of the molecule is Cc1ccc(C2(C(C)(F)F)N=N2)cc1. The number of nitrogens with zero attached hydrogens (tertiary/aromatic N) is 2. The molecule has 0 N–H and O–H groups in total. The van der Waals surface area contributed by atoms with Crippen LogP contribution in [0.15, 0.2) is 34.5 Å². The van der Waals surface area contributed by atoms with Crippen molar-refractivity contribution in [1.82, 2.24) is 0 Å². The van der Waals surface area contributed by atoms with Crippen molar-refractivity contribution >= 4 is 0 Å². The van der Waals surface area contributed by atoms with E-state index in [0.29, 0.717) is 5.56 Å². The van der Waals surface area contributed by atoms with Gasteiger partial charge in [-0.05, 0) is 6.92 Å². The van der Waals surface area contributed by atoms with Crippen LogP contribution in [-0.4, -0.2) is 5.92 Å². The van der Waals surface area contributed by atoms with Crippen LogP contribution in [0, 0.1) is 6.92 Å². The van der Waals surface area contributed by atoms with E-state index in [0.717, 1.165) is 12.5 Å². The van der Waals surface area contributed by atoms with Gasteiger partial charge in [-0.2, -0.15) is 0 Å². The molecule has 4 heteroatoms. The minimum Gasteiger partial charge on any atom is -0.202 e. The Morgan fingerprint density at radius 1 is 1.14 bits per heavy atom. The highest BCUT2D eigenvalue weighted by Gasteiger charge is 2.60. The second-order valence-electron chi connectivity index (χ2n) is 3.63. The van der Waals surface area contributed by atoms with E-state index in [1.807, 2.05) is 6.92 Å². The van der Waals surface area contributed by atoms with Crippen LogP contribution in [0.3, 0.4) is 0 Å². The van der Waals surface area contributed by atoms with Gasteiger partial charge in [0.1, 0.15) is 0 Å². The Morgan fingerprint density at radius 3 is 2.00 bits per heavy atom.